The second-order valence-corrected chi connectivity index (χ2v) is 12.9. The molecule has 7 heteroatoms. The minimum absolute atomic E-state index is 0.293. The van der Waals surface area contributed by atoms with Crippen LogP contribution in [0.4, 0.5) is 11.5 Å². The molecule has 4 heterocycles. The SMILES string of the molecule is Cc1nn(-c2ccccc2)c2c1P(=O)(N1CCCCC1)/C(=C1/N(C)c3ccccc3C1(C)C)C=N2. The predicted octanol–water partition coefficient (Wildman–Crippen LogP) is 5.93. The average Bonchev–Trinajstić information content (AvgIpc) is 3.32. The lowest BCUT2D eigenvalue weighted by Gasteiger charge is -2.39. The molecule has 1 fully saturated rings. The monoisotopic (exact) mass is 485 g/mol. The molecule has 0 radical (unpaired) electrons. The maximum absolute atomic E-state index is 15.7. The van der Waals surface area contributed by atoms with Crippen LogP contribution in [0.5, 0.6) is 0 Å². The number of aromatic nitrogens is 2. The average molecular weight is 486 g/mol. The van der Waals surface area contributed by atoms with Crippen molar-refractivity contribution in [2.75, 3.05) is 25.0 Å². The molecule has 0 saturated carbocycles. The van der Waals surface area contributed by atoms with Crippen molar-refractivity contribution < 1.29 is 4.57 Å². The summed E-state index contributed by atoms with van der Waals surface area (Å²) in [5, 5.41) is 6.53. The minimum Gasteiger partial charge on any atom is -0.346 e. The number of fused-ring (bicyclic) bond motifs is 2. The van der Waals surface area contributed by atoms with E-state index in [1.165, 1.54) is 17.7 Å². The summed E-state index contributed by atoms with van der Waals surface area (Å²) < 4.78 is 19.8. The summed E-state index contributed by atoms with van der Waals surface area (Å²) in [5.74, 6) is 0.697. The Morgan fingerprint density at radius 3 is 2.34 bits per heavy atom. The van der Waals surface area contributed by atoms with E-state index in [0.29, 0.717) is 5.82 Å². The fraction of sp³-hybridized carbons (Fsp3) is 0.357. The van der Waals surface area contributed by atoms with Gasteiger partial charge in [0.25, 0.3) is 0 Å². The number of anilines is 1. The Hall–Kier alpha value is -2.95. The van der Waals surface area contributed by atoms with Gasteiger partial charge >= 0.3 is 0 Å². The van der Waals surface area contributed by atoms with E-state index in [1.54, 1.807) is 0 Å². The van der Waals surface area contributed by atoms with Gasteiger partial charge in [0.1, 0.15) is 0 Å². The highest BCUT2D eigenvalue weighted by Gasteiger charge is 2.50. The number of nitrogens with zero attached hydrogens (tertiary/aromatic N) is 5. The van der Waals surface area contributed by atoms with E-state index >= 15 is 4.57 Å². The molecule has 2 aromatic carbocycles. The largest absolute Gasteiger partial charge is 0.346 e. The zero-order valence-electron chi connectivity index (χ0n) is 20.9. The molecule has 3 aromatic rings. The van der Waals surface area contributed by atoms with Crippen molar-refractivity contribution >= 4 is 30.3 Å². The van der Waals surface area contributed by atoms with Crippen molar-refractivity contribution in [3.05, 3.63) is 76.9 Å². The summed E-state index contributed by atoms with van der Waals surface area (Å²) in [7, 11) is -1.09. The van der Waals surface area contributed by atoms with Gasteiger partial charge in [0.05, 0.1) is 22.0 Å². The fourth-order valence-corrected chi connectivity index (χ4v) is 9.67. The number of piperidine rings is 1. The number of allylic oxidation sites excluding steroid dienone is 2. The minimum atomic E-state index is -3.18. The number of aryl methyl sites for hydroxylation is 1. The standard InChI is InChI=1S/C28H32N5OP/c1-20-25-27(33(30-20)21-13-7-5-8-14-21)29-19-24(35(25,34)32-17-11-6-12-18-32)26-28(2,3)22-15-9-10-16-23(22)31(26)4/h5,7-10,13-16,19H,6,11-12,17-18H2,1-4H3/b26-24+. The summed E-state index contributed by atoms with van der Waals surface area (Å²) in [4.78, 5) is 7.19. The molecule has 0 aliphatic carbocycles. The molecule has 1 unspecified atom stereocenters. The van der Waals surface area contributed by atoms with Crippen LogP contribution in [0.15, 0.2) is 70.6 Å². The van der Waals surface area contributed by atoms with E-state index in [-0.39, 0.29) is 5.41 Å². The normalized spacial score (nSPS) is 25.5. The summed E-state index contributed by atoms with van der Waals surface area (Å²) in [5.41, 5.74) is 4.93. The number of hydrogen-bond acceptors (Lipinski definition) is 4. The lowest BCUT2D eigenvalue weighted by molar-refractivity contribution is 0.351. The van der Waals surface area contributed by atoms with E-state index in [9.17, 15) is 0 Å². The summed E-state index contributed by atoms with van der Waals surface area (Å²) in [6, 6.07) is 18.5. The fourth-order valence-electron chi connectivity index (χ4n) is 6.16. The van der Waals surface area contributed by atoms with Crippen LogP contribution in [-0.4, -0.2) is 40.8 Å². The van der Waals surface area contributed by atoms with Gasteiger partial charge in [0.2, 0.25) is 7.29 Å². The van der Waals surface area contributed by atoms with Crippen LogP contribution in [0.1, 0.15) is 44.4 Å². The predicted molar refractivity (Wildman–Crippen MR) is 144 cm³/mol. The van der Waals surface area contributed by atoms with Gasteiger partial charge in [-0.05, 0) is 43.5 Å². The smallest absolute Gasteiger partial charge is 0.216 e. The van der Waals surface area contributed by atoms with Crippen LogP contribution in [0.3, 0.4) is 0 Å². The lowest BCUT2D eigenvalue weighted by atomic mass is 9.84. The third kappa shape index (κ3) is 3.16. The first-order valence-electron chi connectivity index (χ1n) is 12.5. The lowest BCUT2D eigenvalue weighted by Crippen LogP contribution is -2.36. The molecule has 35 heavy (non-hydrogen) atoms. The Morgan fingerprint density at radius 1 is 0.943 bits per heavy atom. The third-order valence-corrected chi connectivity index (χ3v) is 11.1. The van der Waals surface area contributed by atoms with Crippen LogP contribution in [-0.2, 0) is 9.98 Å². The maximum Gasteiger partial charge on any atom is 0.216 e. The number of likely N-dealkylation sites (N-methyl/N-ethyl adjacent to an activating group) is 1. The topological polar surface area (TPSA) is 53.7 Å². The van der Waals surface area contributed by atoms with E-state index in [0.717, 1.165) is 53.6 Å². The zero-order chi connectivity index (χ0) is 24.4. The first-order valence-corrected chi connectivity index (χ1v) is 14.1. The Bertz CT molecular complexity index is 1410. The maximum atomic E-state index is 15.7. The summed E-state index contributed by atoms with van der Waals surface area (Å²) >= 11 is 0. The first-order chi connectivity index (χ1) is 16.8. The quantitative estimate of drug-likeness (QED) is 0.423. The second kappa shape index (κ2) is 8.04. The molecular weight excluding hydrogens is 453 g/mol. The Kier molecular flexibility index (Phi) is 5.17. The molecule has 180 valence electrons. The molecule has 1 atom stereocenters. The highest BCUT2D eigenvalue weighted by Crippen LogP contribution is 2.64. The van der Waals surface area contributed by atoms with Gasteiger partial charge in [-0.2, -0.15) is 5.10 Å². The highest BCUT2D eigenvalue weighted by molar-refractivity contribution is 7.75. The van der Waals surface area contributed by atoms with Gasteiger partial charge in [0, 0.05) is 43.2 Å². The van der Waals surface area contributed by atoms with Gasteiger partial charge in [0.15, 0.2) is 5.82 Å². The molecule has 1 aromatic heterocycles. The van der Waals surface area contributed by atoms with E-state index in [1.807, 2.05) is 48.2 Å². The molecule has 0 N–H and O–H groups in total. The molecule has 0 bridgehead atoms. The van der Waals surface area contributed by atoms with Crippen LogP contribution in [0.25, 0.3) is 5.69 Å². The molecule has 1 saturated heterocycles. The number of hydrogen-bond donors (Lipinski definition) is 0. The Morgan fingerprint density at radius 2 is 1.63 bits per heavy atom. The number of aliphatic imine (C=N–C) groups is 1. The van der Waals surface area contributed by atoms with Gasteiger partial charge in [-0.15, -0.1) is 0 Å². The van der Waals surface area contributed by atoms with Gasteiger partial charge in [-0.3, -0.25) is 4.57 Å². The van der Waals surface area contributed by atoms with E-state index in [2.05, 4.69) is 54.7 Å². The molecule has 3 aliphatic rings. The van der Waals surface area contributed by atoms with Crippen molar-refractivity contribution in [3.8, 4) is 5.69 Å². The van der Waals surface area contributed by atoms with E-state index in [4.69, 9.17) is 10.1 Å². The highest BCUT2D eigenvalue weighted by atomic mass is 31.2. The molecule has 0 amide bonds. The number of para-hydroxylation sites is 2. The Labute approximate surface area is 207 Å². The summed E-state index contributed by atoms with van der Waals surface area (Å²) in [6.45, 7) is 8.11. The zero-order valence-corrected chi connectivity index (χ0v) is 21.8. The Balaban J connectivity index is 1.64. The van der Waals surface area contributed by atoms with Crippen molar-refractivity contribution in [2.45, 2.75) is 45.4 Å². The van der Waals surface area contributed by atoms with Crippen molar-refractivity contribution in [1.29, 1.82) is 0 Å². The molecule has 0 spiro atoms. The van der Waals surface area contributed by atoms with Crippen LogP contribution in [0.2, 0.25) is 0 Å². The third-order valence-electron chi connectivity index (χ3n) is 7.78. The molecule has 6 rings (SSSR count). The van der Waals surface area contributed by atoms with E-state index < -0.39 is 7.29 Å². The number of benzene rings is 2. The van der Waals surface area contributed by atoms with Crippen LogP contribution in [0, 0.1) is 6.92 Å². The van der Waals surface area contributed by atoms with Crippen LogP contribution < -0.4 is 10.2 Å². The van der Waals surface area contributed by atoms with Gasteiger partial charge in [-0.25, -0.2) is 14.3 Å². The van der Waals surface area contributed by atoms with Gasteiger partial charge in [-0.1, -0.05) is 56.7 Å². The van der Waals surface area contributed by atoms with Crippen molar-refractivity contribution in [2.24, 2.45) is 4.99 Å². The van der Waals surface area contributed by atoms with Crippen molar-refractivity contribution in [1.82, 2.24) is 14.5 Å². The van der Waals surface area contributed by atoms with Crippen molar-refractivity contribution in [3.63, 3.8) is 0 Å². The number of rotatable bonds is 2. The van der Waals surface area contributed by atoms with Crippen LogP contribution >= 0.6 is 7.29 Å². The molecule has 6 nitrogen and oxygen atoms in total. The first kappa shape index (κ1) is 22.5. The van der Waals surface area contributed by atoms with Gasteiger partial charge < -0.3 is 4.90 Å². The second-order valence-electron chi connectivity index (χ2n) is 10.3. The summed E-state index contributed by atoms with van der Waals surface area (Å²) in [6.07, 6.45) is 5.19. The molecular formula is C28H32N5OP. The molecule has 3 aliphatic heterocycles.